The van der Waals surface area contributed by atoms with Crippen LogP contribution in [0.15, 0.2) is 0 Å². The van der Waals surface area contributed by atoms with Crippen molar-refractivity contribution in [3.8, 4) is 0 Å². The third-order valence-electron chi connectivity index (χ3n) is 2.68. The Morgan fingerprint density at radius 3 is 2.46 bits per heavy atom. The van der Waals surface area contributed by atoms with Gasteiger partial charge in [-0.2, -0.15) is 0 Å². The maximum Gasteiger partial charge on any atom is 0.126 e. The molecule has 1 aromatic heterocycles. The third-order valence-corrected chi connectivity index (χ3v) is 2.68. The topological polar surface area (TPSA) is 43.8 Å². The Kier molecular flexibility index (Phi) is 1.82. The molecule has 3 nitrogen and oxygen atoms in total. The van der Waals surface area contributed by atoms with Crippen molar-refractivity contribution in [1.82, 2.24) is 9.55 Å². The number of rotatable bonds is 2. The van der Waals surface area contributed by atoms with Gasteiger partial charge in [0.1, 0.15) is 11.6 Å². The Labute approximate surface area is 79.0 Å². The molecule has 2 rings (SSSR count). The molecule has 0 unspecified atom stereocenters. The van der Waals surface area contributed by atoms with Gasteiger partial charge >= 0.3 is 0 Å². The normalized spacial score (nSPS) is 16.9. The number of anilines is 1. The molecule has 3 heteroatoms. The molecule has 2 N–H and O–H groups in total. The van der Waals surface area contributed by atoms with Crippen LogP contribution in [0.2, 0.25) is 0 Å². The number of nitrogens with zero attached hydrogens (tertiary/aromatic N) is 2. The molecular weight excluding hydrogens is 162 g/mol. The van der Waals surface area contributed by atoms with Gasteiger partial charge in [-0.25, -0.2) is 4.98 Å². The van der Waals surface area contributed by atoms with E-state index in [0.29, 0.717) is 11.8 Å². The van der Waals surface area contributed by atoms with Gasteiger partial charge in [-0.1, -0.05) is 13.8 Å². The van der Waals surface area contributed by atoms with Crippen LogP contribution in [0, 0.1) is 0 Å². The molecule has 1 aliphatic carbocycles. The van der Waals surface area contributed by atoms with Crippen LogP contribution in [0.1, 0.15) is 50.0 Å². The van der Waals surface area contributed by atoms with Crippen LogP contribution >= 0.6 is 0 Å². The lowest BCUT2D eigenvalue weighted by Gasteiger charge is -2.04. The fourth-order valence-electron chi connectivity index (χ4n) is 1.72. The number of imidazole rings is 1. The van der Waals surface area contributed by atoms with E-state index >= 15 is 0 Å². The molecule has 1 aliphatic rings. The maximum atomic E-state index is 5.98. The summed E-state index contributed by atoms with van der Waals surface area (Å²) < 4.78 is 2.03. The zero-order valence-electron chi connectivity index (χ0n) is 8.54. The van der Waals surface area contributed by atoms with E-state index in [0.717, 1.165) is 17.3 Å². The van der Waals surface area contributed by atoms with Crippen molar-refractivity contribution in [3.63, 3.8) is 0 Å². The summed E-state index contributed by atoms with van der Waals surface area (Å²) in [7, 11) is 2.00. The van der Waals surface area contributed by atoms with Crippen molar-refractivity contribution in [2.75, 3.05) is 5.73 Å². The van der Waals surface area contributed by atoms with E-state index in [4.69, 9.17) is 5.73 Å². The SMILES string of the molecule is CC(C)c1nc(C2CC2)c(N)n1C. The van der Waals surface area contributed by atoms with Crippen LogP contribution in [-0.2, 0) is 7.05 Å². The highest BCUT2D eigenvalue weighted by atomic mass is 15.1. The molecule has 72 valence electrons. The zero-order chi connectivity index (χ0) is 9.59. The van der Waals surface area contributed by atoms with Crippen LogP contribution < -0.4 is 5.73 Å². The summed E-state index contributed by atoms with van der Waals surface area (Å²) in [5.74, 6) is 3.09. The van der Waals surface area contributed by atoms with Gasteiger partial charge in [0.2, 0.25) is 0 Å². The Morgan fingerprint density at radius 2 is 2.08 bits per heavy atom. The molecule has 1 heterocycles. The second-order valence-corrected chi connectivity index (χ2v) is 4.23. The first kappa shape index (κ1) is 8.60. The second-order valence-electron chi connectivity index (χ2n) is 4.23. The van der Waals surface area contributed by atoms with E-state index in [1.807, 2.05) is 11.6 Å². The molecule has 0 saturated heterocycles. The van der Waals surface area contributed by atoms with E-state index in [2.05, 4.69) is 18.8 Å². The van der Waals surface area contributed by atoms with Gasteiger partial charge in [0, 0.05) is 18.9 Å². The summed E-state index contributed by atoms with van der Waals surface area (Å²) in [5.41, 5.74) is 7.11. The Hall–Kier alpha value is -0.990. The summed E-state index contributed by atoms with van der Waals surface area (Å²) in [6.45, 7) is 4.30. The first-order valence-electron chi connectivity index (χ1n) is 4.93. The molecule has 13 heavy (non-hydrogen) atoms. The van der Waals surface area contributed by atoms with E-state index in [-0.39, 0.29) is 0 Å². The lowest BCUT2D eigenvalue weighted by Crippen LogP contribution is -2.03. The molecular formula is C10H17N3. The number of nitrogens with two attached hydrogens (primary N) is 1. The van der Waals surface area contributed by atoms with Gasteiger partial charge < -0.3 is 10.3 Å². The predicted molar refractivity (Wildman–Crippen MR) is 53.7 cm³/mol. The minimum Gasteiger partial charge on any atom is -0.384 e. The summed E-state index contributed by atoms with van der Waals surface area (Å²) in [5, 5.41) is 0. The van der Waals surface area contributed by atoms with Crippen LogP contribution in [0.5, 0.6) is 0 Å². The summed E-state index contributed by atoms with van der Waals surface area (Å²) in [6.07, 6.45) is 2.53. The average molecular weight is 179 g/mol. The molecule has 0 spiro atoms. The number of aromatic nitrogens is 2. The quantitative estimate of drug-likeness (QED) is 0.754. The van der Waals surface area contributed by atoms with E-state index in [1.54, 1.807) is 0 Å². The summed E-state index contributed by atoms with van der Waals surface area (Å²) in [4.78, 5) is 4.61. The standard InChI is InChI=1S/C10H17N3/c1-6(2)10-12-8(7-4-5-7)9(11)13(10)3/h6-7H,4-5,11H2,1-3H3. The smallest absolute Gasteiger partial charge is 0.126 e. The minimum absolute atomic E-state index is 0.458. The van der Waals surface area contributed by atoms with Crippen molar-refractivity contribution in [1.29, 1.82) is 0 Å². The number of hydrogen-bond donors (Lipinski definition) is 1. The molecule has 0 aromatic carbocycles. The minimum atomic E-state index is 0.458. The van der Waals surface area contributed by atoms with Crippen molar-refractivity contribution < 1.29 is 0 Å². The van der Waals surface area contributed by atoms with Crippen molar-refractivity contribution in [2.24, 2.45) is 7.05 Å². The number of hydrogen-bond acceptors (Lipinski definition) is 2. The molecule has 0 radical (unpaired) electrons. The fourth-order valence-corrected chi connectivity index (χ4v) is 1.72. The maximum absolute atomic E-state index is 5.98. The fraction of sp³-hybridized carbons (Fsp3) is 0.700. The lowest BCUT2D eigenvalue weighted by molar-refractivity contribution is 0.714. The summed E-state index contributed by atoms with van der Waals surface area (Å²) in [6, 6.07) is 0. The Bertz CT molecular complexity index is 299. The van der Waals surface area contributed by atoms with E-state index in [9.17, 15) is 0 Å². The zero-order valence-corrected chi connectivity index (χ0v) is 8.54. The van der Waals surface area contributed by atoms with Gasteiger partial charge in [-0.3, -0.25) is 0 Å². The van der Waals surface area contributed by atoms with Gasteiger partial charge in [0.25, 0.3) is 0 Å². The highest BCUT2D eigenvalue weighted by Crippen LogP contribution is 2.42. The second kappa shape index (κ2) is 2.76. The Balaban J connectivity index is 2.42. The highest BCUT2D eigenvalue weighted by molar-refractivity contribution is 5.42. The lowest BCUT2D eigenvalue weighted by atomic mass is 10.2. The van der Waals surface area contributed by atoms with Gasteiger partial charge in [-0.05, 0) is 12.8 Å². The van der Waals surface area contributed by atoms with Gasteiger partial charge in [-0.15, -0.1) is 0 Å². The summed E-state index contributed by atoms with van der Waals surface area (Å²) >= 11 is 0. The van der Waals surface area contributed by atoms with Crippen LogP contribution in [0.4, 0.5) is 5.82 Å². The van der Waals surface area contributed by atoms with Crippen LogP contribution in [-0.4, -0.2) is 9.55 Å². The van der Waals surface area contributed by atoms with Crippen LogP contribution in [0.25, 0.3) is 0 Å². The molecule has 0 aliphatic heterocycles. The number of nitrogen functional groups attached to an aromatic ring is 1. The van der Waals surface area contributed by atoms with E-state index in [1.165, 1.54) is 12.8 Å². The van der Waals surface area contributed by atoms with Gasteiger partial charge in [0.05, 0.1) is 5.69 Å². The predicted octanol–water partition coefficient (Wildman–Crippen LogP) is 2.00. The molecule has 1 saturated carbocycles. The van der Waals surface area contributed by atoms with Crippen molar-refractivity contribution in [3.05, 3.63) is 11.5 Å². The average Bonchev–Trinajstić information content (AvgIpc) is 2.83. The van der Waals surface area contributed by atoms with Gasteiger partial charge in [0.15, 0.2) is 0 Å². The first-order valence-corrected chi connectivity index (χ1v) is 4.93. The van der Waals surface area contributed by atoms with Crippen molar-refractivity contribution >= 4 is 5.82 Å². The molecule has 1 fully saturated rings. The molecule has 0 bridgehead atoms. The highest BCUT2D eigenvalue weighted by Gasteiger charge is 2.30. The largest absolute Gasteiger partial charge is 0.384 e. The monoisotopic (exact) mass is 179 g/mol. The molecule has 0 atom stereocenters. The van der Waals surface area contributed by atoms with Crippen LogP contribution in [0.3, 0.4) is 0 Å². The molecule has 0 amide bonds. The first-order chi connectivity index (χ1) is 6.11. The molecule has 1 aromatic rings. The third kappa shape index (κ3) is 1.32. The Morgan fingerprint density at radius 1 is 1.46 bits per heavy atom. The van der Waals surface area contributed by atoms with E-state index < -0.39 is 0 Å². The van der Waals surface area contributed by atoms with Crippen molar-refractivity contribution in [2.45, 2.75) is 38.5 Å².